The Balaban J connectivity index is 2.29. The van der Waals surface area contributed by atoms with E-state index in [1.165, 1.54) is 0 Å². The molecule has 2 rings (SSSR count). The lowest BCUT2D eigenvalue weighted by Crippen LogP contribution is -2.12. The standard InChI is InChI=1S/C16H18N2O3/c1-10-6-11(4-5-15(10)16(17)18)21-14-8-12(19-2)7-13(9-14)20-3/h4-9H,1-3H3,(H3,17,18). The molecule has 0 aliphatic carbocycles. The van der Waals surface area contributed by atoms with Crippen LogP contribution in [0.5, 0.6) is 23.0 Å². The zero-order valence-electron chi connectivity index (χ0n) is 12.3. The van der Waals surface area contributed by atoms with Crippen LogP contribution in [0.2, 0.25) is 0 Å². The van der Waals surface area contributed by atoms with Gasteiger partial charge in [-0.2, -0.15) is 0 Å². The molecule has 0 saturated heterocycles. The van der Waals surface area contributed by atoms with Crippen molar-refractivity contribution in [1.82, 2.24) is 0 Å². The van der Waals surface area contributed by atoms with Crippen LogP contribution in [0.25, 0.3) is 0 Å². The van der Waals surface area contributed by atoms with Gasteiger partial charge in [-0.25, -0.2) is 0 Å². The number of ether oxygens (including phenoxy) is 3. The number of nitrogen functional groups attached to an aromatic ring is 1. The number of rotatable bonds is 5. The van der Waals surface area contributed by atoms with Crippen LogP contribution in [0.15, 0.2) is 36.4 Å². The highest BCUT2D eigenvalue weighted by Gasteiger charge is 2.07. The molecule has 0 saturated carbocycles. The average Bonchev–Trinajstić information content (AvgIpc) is 2.46. The topological polar surface area (TPSA) is 77.6 Å². The van der Waals surface area contributed by atoms with E-state index in [2.05, 4.69) is 0 Å². The fraction of sp³-hybridized carbons (Fsp3) is 0.188. The normalized spacial score (nSPS) is 10.0. The van der Waals surface area contributed by atoms with Crippen LogP contribution >= 0.6 is 0 Å². The number of nitrogens with two attached hydrogens (primary N) is 1. The quantitative estimate of drug-likeness (QED) is 0.654. The van der Waals surface area contributed by atoms with Crippen molar-refractivity contribution in [3.63, 3.8) is 0 Å². The molecule has 0 spiro atoms. The lowest BCUT2D eigenvalue weighted by atomic mass is 10.1. The Hall–Kier alpha value is -2.69. The molecule has 0 aliphatic rings. The summed E-state index contributed by atoms with van der Waals surface area (Å²) in [6, 6.07) is 10.7. The monoisotopic (exact) mass is 286 g/mol. The summed E-state index contributed by atoms with van der Waals surface area (Å²) in [6.07, 6.45) is 0. The zero-order valence-corrected chi connectivity index (χ0v) is 12.3. The molecule has 0 radical (unpaired) electrons. The second kappa shape index (κ2) is 6.17. The molecule has 0 amide bonds. The number of hydrogen-bond acceptors (Lipinski definition) is 4. The minimum atomic E-state index is 0.0436. The van der Waals surface area contributed by atoms with Crippen molar-refractivity contribution in [2.24, 2.45) is 5.73 Å². The van der Waals surface area contributed by atoms with Crippen LogP contribution in [-0.2, 0) is 0 Å². The van der Waals surface area contributed by atoms with E-state index >= 15 is 0 Å². The third-order valence-electron chi connectivity index (χ3n) is 3.05. The molecule has 110 valence electrons. The predicted molar refractivity (Wildman–Crippen MR) is 81.8 cm³/mol. The van der Waals surface area contributed by atoms with E-state index < -0.39 is 0 Å². The van der Waals surface area contributed by atoms with Gasteiger partial charge in [-0.15, -0.1) is 0 Å². The van der Waals surface area contributed by atoms with E-state index in [9.17, 15) is 0 Å². The molecule has 2 aromatic rings. The highest BCUT2D eigenvalue weighted by Crippen LogP contribution is 2.31. The number of nitrogens with one attached hydrogen (secondary N) is 1. The van der Waals surface area contributed by atoms with E-state index in [0.717, 1.165) is 5.56 Å². The van der Waals surface area contributed by atoms with Crippen LogP contribution in [0.3, 0.4) is 0 Å². The van der Waals surface area contributed by atoms with Crippen molar-refractivity contribution in [3.8, 4) is 23.0 Å². The summed E-state index contributed by atoms with van der Waals surface area (Å²) in [6.45, 7) is 1.88. The van der Waals surface area contributed by atoms with Crippen LogP contribution in [0.1, 0.15) is 11.1 Å². The van der Waals surface area contributed by atoms with E-state index in [1.54, 1.807) is 44.6 Å². The number of aryl methyl sites for hydroxylation is 1. The van der Waals surface area contributed by atoms with Crippen molar-refractivity contribution < 1.29 is 14.2 Å². The Morgan fingerprint density at radius 3 is 1.95 bits per heavy atom. The minimum absolute atomic E-state index is 0.0436. The van der Waals surface area contributed by atoms with Gasteiger partial charge in [-0.3, -0.25) is 5.41 Å². The van der Waals surface area contributed by atoms with E-state index in [-0.39, 0.29) is 5.84 Å². The first kappa shape index (κ1) is 14.7. The van der Waals surface area contributed by atoms with Crippen LogP contribution in [-0.4, -0.2) is 20.1 Å². The van der Waals surface area contributed by atoms with Gasteiger partial charge < -0.3 is 19.9 Å². The summed E-state index contributed by atoms with van der Waals surface area (Å²) in [5, 5.41) is 7.48. The lowest BCUT2D eigenvalue weighted by molar-refractivity contribution is 0.386. The van der Waals surface area contributed by atoms with Crippen molar-refractivity contribution >= 4 is 5.84 Å². The fourth-order valence-corrected chi connectivity index (χ4v) is 1.98. The highest BCUT2D eigenvalue weighted by molar-refractivity contribution is 5.96. The molecule has 2 aromatic carbocycles. The van der Waals surface area contributed by atoms with E-state index in [0.29, 0.717) is 28.6 Å². The number of benzene rings is 2. The van der Waals surface area contributed by atoms with Crippen LogP contribution in [0.4, 0.5) is 0 Å². The maximum Gasteiger partial charge on any atom is 0.134 e. The van der Waals surface area contributed by atoms with Gasteiger partial charge in [0.1, 0.15) is 28.8 Å². The molecular formula is C16H18N2O3. The number of hydrogen-bond donors (Lipinski definition) is 2. The van der Waals surface area contributed by atoms with Crippen molar-refractivity contribution in [3.05, 3.63) is 47.5 Å². The molecule has 3 N–H and O–H groups in total. The summed E-state index contributed by atoms with van der Waals surface area (Å²) in [4.78, 5) is 0. The van der Waals surface area contributed by atoms with E-state index in [1.807, 2.05) is 13.0 Å². The molecule has 21 heavy (non-hydrogen) atoms. The molecule has 0 unspecified atom stereocenters. The molecule has 0 bridgehead atoms. The Morgan fingerprint density at radius 2 is 1.48 bits per heavy atom. The second-order valence-electron chi connectivity index (χ2n) is 4.54. The third-order valence-corrected chi connectivity index (χ3v) is 3.05. The molecule has 0 atom stereocenters. The van der Waals surface area contributed by atoms with Crippen LogP contribution in [0, 0.1) is 12.3 Å². The van der Waals surface area contributed by atoms with Gasteiger partial charge in [0.05, 0.1) is 14.2 Å². The smallest absolute Gasteiger partial charge is 0.134 e. The summed E-state index contributed by atoms with van der Waals surface area (Å²) < 4.78 is 16.2. The van der Waals surface area contributed by atoms with Crippen LogP contribution < -0.4 is 19.9 Å². The first-order valence-electron chi connectivity index (χ1n) is 6.39. The molecule has 5 nitrogen and oxygen atoms in total. The van der Waals surface area contributed by atoms with Crippen molar-refractivity contribution in [2.75, 3.05) is 14.2 Å². The Bertz CT molecular complexity index is 646. The lowest BCUT2D eigenvalue weighted by Gasteiger charge is -2.11. The van der Waals surface area contributed by atoms with Gasteiger partial charge in [0.2, 0.25) is 0 Å². The Kier molecular flexibility index (Phi) is 4.33. The summed E-state index contributed by atoms with van der Waals surface area (Å²) in [7, 11) is 3.18. The number of amidine groups is 1. The molecule has 0 fully saturated rings. The molecule has 0 aromatic heterocycles. The summed E-state index contributed by atoms with van der Waals surface area (Å²) in [5.41, 5.74) is 7.09. The van der Waals surface area contributed by atoms with Gasteiger partial charge >= 0.3 is 0 Å². The summed E-state index contributed by atoms with van der Waals surface area (Å²) in [5.74, 6) is 2.62. The fourth-order valence-electron chi connectivity index (χ4n) is 1.98. The van der Waals surface area contributed by atoms with E-state index in [4.69, 9.17) is 25.4 Å². The Morgan fingerprint density at radius 1 is 0.905 bits per heavy atom. The maximum atomic E-state index is 7.48. The molecular weight excluding hydrogens is 268 g/mol. The summed E-state index contributed by atoms with van der Waals surface area (Å²) >= 11 is 0. The second-order valence-corrected chi connectivity index (χ2v) is 4.54. The van der Waals surface area contributed by atoms with Gasteiger partial charge in [-0.05, 0) is 30.7 Å². The minimum Gasteiger partial charge on any atom is -0.496 e. The van der Waals surface area contributed by atoms with Gasteiger partial charge in [0.15, 0.2) is 0 Å². The maximum absolute atomic E-state index is 7.48. The SMILES string of the molecule is COc1cc(OC)cc(Oc2ccc(C(=N)N)c(C)c2)c1. The Labute approximate surface area is 123 Å². The van der Waals surface area contributed by atoms with Gasteiger partial charge in [0, 0.05) is 23.8 Å². The first-order chi connectivity index (χ1) is 10.0. The predicted octanol–water partition coefficient (Wildman–Crippen LogP) is 3.09. The zero-order chi connectivity index (χ0) is 15.4. The molecule has 0 heterocycles. The number of methoxy groups -OCH3 is 2. The first-order valence-corrected chi connectivity index (χ1v) is 6.39. The molecule has 5 heteroatoms. The van der Waals surface area contributed by atoms with Gasteiger partial charge in [-0.1, -0.05) is 0 Å². The van der Waals surface area contributed by atoms with Gasteiger partial charge in [0.25, 0.3) is 0 Å². The third kappa shape index (κ3) is 3.45. The molecule has 0 aliphatic heterocycles. The van der Waals surface area contributed by atoms with Crippen molar-refractivity contribution in [2.45, 2.75) is 6.92 Å². The average molecular weight is 286 g/mol. The largest absolute Gasteiger partial charge is 0.496 e. The van der Waals surface area contributed by atoms with Crippen molar-refractivity contribution in [1.29, 1.82) is 5.41 Å². The highest BCUT2D eigenvalue weighted by atomic mass is 16.5.